The van der Waals surface area contributed by atoms with Crippen molar-refractivity contribution in [2.24, 2.45) is 17.8 Å². The van der Waals surface area contributed by atoms with Gasteiger partial charge in [-0.15, -0.1) is 0 Å². The number of hydrogen-bond donors (Lipinski definition) is 2. The maximum absolute atomic E-state index is 12.3. The van der Waals surface area contributed by atoms with E-state index < -0.39 is 0 Å². The van der Waals surface area contributed by atoms with E-state index in [1.165, 1.54) is 19.3 Å². The van der Waals surface area contributed by atoms with Gasteiger partial charge in [0.2, 0.25) is 5.91 Å². The lowest BCUT2D eigenvalue weighted by Crippen LogP contribution is -2.52. The Bertz CT molecular complexity index is 590. The maximum atomic E-state index is 12.3. The molecule has 4 fully saturated rings. The van der Waals surface area contributed by atoms with Gasteiger partial charge in [0.15, 0.2) is 0 Å². The standard InChI is InChI=1S/C19H25NO3/c1-12-2-3-16(21)7-17(12)20-18(22)11-23-19-8-13-4-14(9-19)6-15(5-13)10-19/h2-3,7,13-15,21H,4-6,8-11H2,1H3,(H,20,22). The second-order valence-corrected chi connectivity index (χ2v) is 7.94. The third-order valence-corrected chi connectivity index (χ3v) is 5.99. The lowest BCUT2D eigenvalue weighted by atomic mass is 9.54. The van der Waals surface area contributed by atoms with Gasteiger partial charge in [0, 0.05) is 11.8 Å². The van der Waals surface area contributed by atoms with E-state index in [0.29, 0.717) is 5.69 Å². The molecule has 4 saturated carbocycles. The SMILES string of the molecule is Cc1ccc(O)cc1NC(=O)COC12CC3CC(CC(C3)C1)C2. The summed E-state index contributed by atoms with van der Waals surface area (Å²) in [6.45, 7) is 2.02. The zero-order valence-electron chi connectivity index (χ0n) is 13.7. The van der Waals surface area contributed by atoms with Gasteiger partial charge in [-0.25, -0.2) is 0 Å². The fourth-order valence-corrected chi connectivity index (χ4v) is 5.36. The van der Waals surface area contributed by atoms with Crippen molar-refractivity contribution in [2.75, 3.05) is 11.9 Å². The number of carbonyl (C=O) groups excluding carboxylic acids is 1. The van der Waals surface area contributed by atoms with Gasteiger partial charge in [0.25, 0.3) is 0 Å². The van der Waals surface area contributed by atoms with E-state index in [1.807, 2.05) is 6.92 Å². The molecule has 0 unspecified atom stereocenters. The molecule has 4 aliphatic rings. The quantitative estimate of drug-likeness (QED) is 0.892. The Labute approximate surface area is 137 Å². The highest BCUT2D eigenvalue weighted by atomic mass is 16.5. The van der Waals surface area contributed by atoms with Crippen molar-refractivity contribution < 1.29 is 14.6 Å². The largest absolute Gasteiger partial charge is 0.508 e. The van der Waals surface area contributed by atoms with Crippen molar-refractivity contribution in [3.05, 3.63) is 23.8 Å². The number of phenols is 1. The first-order chi connectivity index (χ1) is 11.0. The summed E-state index contributed by atoms with van der Waals surface area (Å²) < 4.78 is 6.17. The highest BCUT2D eigenvalue weighted by Crippen LogP contribution is 2.57. The number of anilines is 1. The number of benzene rings is 1. The van der Waals surface area contributed by atoms with Crippen molar-refractivity contribution in [3.8, 4) is 5.75 Å². The Kier molecular flexibility index (Phi) is 3.60. The van der Waals surface area contributed by atoms with E-state index in [-0.39, 0.29) is 23.9 Å². The van der Waals surface area contributed by atoms with E-state index in [1.54, 1.807) is 18.2 Å². The van der Waals surface area contributed by atoms with Crippen LogP contribution in [0.3, 0.4) is 0 Å². The van der Waals surface area contributed by atoms with Crippen LogP contribution in [0.5, 0.6) is 5.75 Å². The molecule has 4 bridgehead atoms. The number of aryl methyl sites for hydroxylation is 1. The first-order valence-electron chi connectivity index (χ1n) is 8.75. The van der Waals surface area contributed by atoms with Crippen molar-refractivity contribution >= 4 is 11.6 Å². The summed E-state index contributed by atoms with van der Waals surface area (Å²) in [4.78, 5) is 12.3. The van der Waals surface area contributed by atoms with Gasteiger partial charge in [-0.2, -0.15) is 0 Å². The summed E-state index contributed by atoms with van der Waals surface area (Å²) in [6.07, 6.45) is 7.53. The Morgan fingerprint density at radius 1 is 1.22 bits per heavy atom. The Balaban J connectivity index is 1.37. The number of aromatic hydroxyl groups is 1. The minimum Gasteiger partial charge on any atom is -0.508 e. The molecule has 1 aromatic carbocycles. The van der Waals surface area contributed by atoms with Crippen molar-refractivity contribution in [1.29, 1.82) is 0 Å². The zero-order chi connectivity index (χ0) is 16.0. The molecule has 0 atom stereocenters. The average molecular weight is 315 g/mol. The van der Waals surface area contributed by atoms with Gasteiger partial charge in [0.05, 0.1) is 5.60 Å². The normalized spacial score (nSPS) is 34.6. The molecule has 0 saturated heterocycles. The molecule has 0 heterocycles. The van der Waals surface area contributed by atoms with E-state index >= 15 is 0 Å². The molecule has 2 N–H and O–H groups in total. The number of carbonyl (C=O) groups is 1. The van der Waals surface area contributed by atoms with Crippen LogP contribution < -0.4 is 5.32 Å². The van der Waals surface area contributed by atoms with E-state index in [0.717, 1.165) is 42.6 Å². The minimum absolute atomic E-state index is 0.0417. The zero-order valence-corrected chi connectivity index (χ0v) is 13.7. The van der Waals surface area contributed by atoms with Gasteiger partial charge in [-0.3, -0.25) is 4.79 Å². The summed E-state index contributed by atoms with van der Waals surface area (Å²) in [5.41, 5.74) is 1.55. The third kappa shape index (κ3) is 2.97. The average Bonchev–Trinajstić information content (AvgIpc) is 2.48. The Morgan fingerprint density at radius 2 is 1.83 bits per heavy atom. The summed E-state index contributed by atoms with van der Waals surface area (Å²) >= 11 is 0. The number of amides is 1. The molecular weight excluding hydrogens is 290 g/mol. The number of rotatable bonds is 4. The molecule has 0 aliphatic heterocycles. The third-order valence-electron chi connectivity index (χ3n) is 5.99. The summed E-state index contributed by atoms with van der Waals surface area (Å²) in [6, 6.07) is 5.00. The van der Waals surface area contributed by atoms with Gasteiger partial charge in [-0.05, 0) is 74.8 Å². The van der Waals surface area contributed by atoms with Crippen LogP contribution in [0, 0.1) is 24.7 Å². The second kappa shape index (κ2) is 5.52. The van der Waals surface area contributed by atoms with Crippen molar-refractivity contribution in [3.63, 3.8) is 0 Å². The summed E-state index contributed by atoms with van der Waals surface area (Å²) in [7, 11) is 0. The predicted molar refractivity (Wildman–Crippen MR) is 88.3 cm³/mol. The minimum atomic E-state index is -0.130. The number of ether oxygens (including phenoxy) is 1. The van der Waals surface area contributed by atoms with Gasteiger partial charge in [-0.1, -0.05) is 6.07 Å². The number of phenolic OH excluding ortho intramolecular Hbond substituents is 1. The smallest absolute Gasteiger partial charge is 0.250 e. The Morgan fingerprint density at radius 3 is 2.43 bits per heavy atom. The molecule has 4 heteroatoms. The van der Waals surface area contributed by atoms with Crippen LogP contribution >= 0.6 is 0 Å². The first kappa shape index (κ1) is 15.0. The van der Waals surface area contributed by atoms with Gasteiger partial charge in [0.1, 0.15) is 12.4 Å². The van der Waals surface area contributed by atoms with Crippen LogP contribution in [0.15, 0.2) is 18.2 Å². The Hall–Kier alpha value is -1.55. The summed E-state index contributed by atoms with van der Waals surface area (Å²) in [5.74, 6) is 2.48. The topological polar surface area (TPSA) is 58.6 Å². The van der Waals surface area contributed by atoms with Crippen LogP contribution in [0.1, 0.15) is 44.1 Å². The van der Waals surface area contributed by atoms with E-state index in [9.17, 15) is 9.90 Å². The molecule has 5 rings (SSSR count). The highest BCUT2D eigenvalue weighted by Gasteiger charge is 2.51. The summed E-state index contributed by atoms with van der Waals surface area (Å²) in [5, 5.41) is 12.4. The fraction of sp³-hybridized carbons (Fsp3) is 0.632. The maximum Gasteiger partial charge on any atom is 0.250 e. The van der Waals surface area contributed by atoms with Crippen LogP contribution in [0.4, 0.5) is 5.69 Å². The molecular formula is C19H25NO3. The van der Waals surface area contributed by atoms with Crippen molar-refractivity contribution in [1.82, 2.24) is 0 Å². The number of nitrogens with one attached hydrogen (secondary N) is 1. The molecule has 1 amide bonds. The molecule has 4 aliphatic carbocycles. The molecule has 0 spiro atoms. The van der Waals surface area contributed by atoms with Crippen LogP contribution in [0.25, 0.3) is 0 Å². The van der Waals surface area contributed by atoms with Crippen LogP contribution in [-0.4, -0.2) is 23.2 Å². The highest BCUT2D eigenvalue weighted by molar-refractivity contribution is 5.92. The number of hydrogen-bond acceptors (Lipinski definition) is 3. The lowest BCUT2D eigenvalue weighted by molar-refractivity contribution is -0.167. The molecule has 4 nitrogen and oxygen atoms in total. The molecule has 0 radical (unpaired) electrons. The molecule has 23 heavy (non-hydrogen) atoms. The molecule has 124 valence electrons. The van der Waals surface area contributed by atoms with E-state index in [4.69, 9.17) is 4.74 Å². The molecule has 1 aromatic rings. The second-order valence-electron chi connectivity index (χ2n) is 7.94. The lowest BCUT2D eigenvalue weighted by Gasteiger charge is -2.56. The van der Waals surface area contributed by atoms with Crippen LogP contribution in [0.2, 0.25) is 0 Å². The van der Waals surface area contributed by atoms with Gasteiger partial charge < -0.3 is 15.2 Å². The van der Waals surface area contributed by atoms with E-state index in [2.05, 4.69) is 5.32 Å². The molecule has 0 aromatic heterocycles. The predicted octanol–water partition coefficient (Wildman–Crippen LogP) is 3.62. The monoisotopic (exact) mass is 315 g/mol. The van der Waals surface area contributed by atoms with Gasteiger partial charge >= 0.3 is 0 Å². The first-order valence-corrected chi connectivity index (χ1v) is 8.75. The van der Waals surface area contributed by atoms with Crippen LogP contribution in [-0.2, 0) is 9.53 Å². The fourth-order valence-electron chi connectivity index (χ4n) is 5.36. The van der Waals surface area contributed by atoms with Crippen molar-refractivity contribution in [2.45, 2.75) is 51.0 Å².